The molecule has 0 atom stereocenters. The molecule has 0 bridgehead atoms. The first-order valence-corrected chi connectivity index (χ1v) is 11.0. The van der Waals surface area contributed by atoms with E-state index < -0.39 is 0 Å². The summed E-state index contributed by atoms with van der Waals surface area (Å²) in [7, 11) is 0. The van der Waals surface area contributed by atoms with Crippen LogP contribution in [0.2, 0.25) is 0 Å². The molecule has 1 aromatic heterocycles. The number of benzene rings is 6. The SMILES string of the molecule is c1ccc2c(-c3ccc4c5ccccc5c5ccc6ccccc6c5c4n3)cccc2c1. The fourth-order valence-electron chi connectivity index (χ4n) is 5.17. The lowest BCUT2D eigenvalue weighted by atomic mass is 9.93. The van der Waals surface area contributed by atoms with Crippen LogP contribution >= 0.6 is 0 Å². The maximum atomic E-state index is 5.32. The molecular formula is C31H19N. The van der Waals surface area contributed by atoms with Crippen molar-refractivity contribution >= 4 is 54.0 Å². The third kappa shape index (κ3) is 2.42. The Morgan fingerprint density at radius 3 is 1.78 bits per heavy atom. The van der Waals surface area contributed by atoms with Gasteiger partial charge in [0.05, 0.1) is 11.2 Å². The molecule has 0 aliphatic carbocycles. The van der Waals surface area contributed by atoms with Gasteiger partial charge < -0.3 is 0 Å². The van der Waals surface area contributed by atoms with Gasteiger partial charge in [-0.05, 0) is 49.8 Å². The van der Waals surface area contributed by atoms with Gasteiger partial charge in [-0.15, -0.1) is 0 Å². The van der Waals surface area contributed by atoms with Crippen molar-refractivity contribution in [2.75, 3.05) is 0 Å². The van der Waals surface area contributed by atoms with Gasteiger partial charge in [-0.25, -0.2) is 4.98 Å². The molecule has 7 rings (SSSR count). The van der Waals surface area contributed by atoms with Crippen molar-refractivity contribution < 1.29 is 0 Å². The average Bonchev–Trinajstić information content (AvgIpc) is 2.87. The second kappa shape index (κ2) is 6.63. The fraction of sp³-hybridized carbons (Fsp3) is 0. The van der Waals surface area contributed by atoms with E-state index in [2.05, 4.69) is 115 Å². The second-order valence-corrected chi connectivity index (χ2v) is 8.37. The second-order valence-electron chi connectivity index (χ2n) is 8.37. The van der Waals surface area contributed by atoms with Gasteiger partial charge in [-0.2, -0.15) is 0 Å². The summed E-state index contributed by atoms with van der Waals surface area (Å²) in [6.45, 7) is 0. The van der Waals surface area contributed by atoms with Crippen molar-refractivity contribution in [1.29, 1.82) is 0 Å². The summed E-state index contributed by atoms with van der Waals surface area (Å²) >= 11 is 0. The number of nitrogens with zero attached hydrogens (tertiary/aromatic N) is 1. The Morgan fingerprint density at radius 2 is 0.969 bits per heavy atom. The molecule has 1 nitrogen and oxygen atoms in total. The Hall–Kier alpha value is -4.23. The molecule has 1 heteroatoms. The highest BCUT2D eigenvalue weighted by Crippen LogP contribution is 2.39. The molecule has 32 heavy (non-hydrogen) atoms. The molecule has 0 unspecified atom stereocenters. The van der Waals surface area contributed by atoms with Crippen molar-refractivity contribution in [3.05, 3.63) is 115 Å². The van der Waals surface area contributed by atoms with Crippen LogP contribution in [-0.4, -0.2) is 4.98 Å². The summed E-state index contributed by atoms with van der Waals surface area (Å²) in [6.07, 6.45) is 0. The lowest BCUT2D eigenvalue weighted by molar-refractivity contribution is 1.43. The highest BCUT2D eigenvalue weighted by molar-refractivity contribution is 6.30. The summed E-state index contributed by atoms with van der Waals surface area (Å²) < 4.78 is 0. The van der Waals surface area contributed by atoms with Crippen LogP contribution in [0.3, 0.4) is 0 Å². The summed E-state index contributed by atoms with van der Waals surface area (Å²) in [5.41, 5.74) is 3.26. The number of pyridine rings is 1. The van der Waals surface area contributed by atoms with Gasteiger partial charge in [-0.1, -0.05) is 103 Å². The van der Waals surface area contributed by atoms with E-state index in [9.17, 15) is 0 Å². The van der Waals surface area contributed by atoms with Crippen LogP contribution in [0.4, 0.5) is 0 Å². The molecule has 6 aromatic carbocycles. The maximum absolute atomic E-state index is 5.32. The maximum Gasteiger partial charge on any atom is 0.0800 e. The van der Waals surface area contributed by atoms with Crippen LogP contribution in [0, 0.1) is 0 Å². The molecule has 148 valence electrons. The number of rotatable bonds is 1. The van der Waals surface area contributed by atoms with Gasteiger partial charge in [0.25, 0.3) is 0 Å². The first-order valence-electron chi connectivity index (χ1n) is 11.0. The fourth-order valence-corrected chi connectivity index (χ4v) is 5.17. The molecule has 0 N–H and O–H groups in total. The van der Waals surface area contributed by atoms with Gasteiger partial charge in [0.2, 0.25) is 0 Å². The zero-order valence-electron chi connectivity index (χ0n) is 17.4. The van der Waals surface area contributed by atoms with Crippen molar-refractivity contribution in [2.24, 2.45) is 0 Å². The molecule has 0 radical (unpaired) electrons. The Kier molecular flexibility index (Phi) is 3.62. The number of hydrogen-bond acceptors (Lipinski definition) is 1. The van der Waals surface area contributed by atoms with Gasteiger partial charge in [0, 0.05) is 16.3 Å². The third-order valence-corrected chi connectivity index (χ3v) is 6.63. The summed E-state index contributed by atoms with van der Waals surface area (Å²) in [4.78, 5) is 5.32. The van der Waals surface area contributed by atoms with Crippen LogP contribution in [-0.2, 0) is 0 Å². The number of aromatic nitrogens is 1. The van der Waals surface area contributed by atoms with Gasteiger partial charge in [0.1, 0.15) is 0 Å². The highest BCUT2D eigenvalue weighted by atomic mass is 14.7. The van der Waals surface area contributed by atoms with E-state index in [0.29, 0.717) is 0 Å². The number of hydrogen-bond donors (Lipinski definition) is 0. The third-order valence-electron chi connectivity index (χ3n) is 6.63. The molecular weight excluding hydrogens is 386 g/mol. The number of fused-ring (bicyclic) bond motifs is 9. The predicted molar refractivity (Wildman–Crippen MR) is 137 cm³/mol. The predicted octanol–water partition coefficient (Wildman–Crippen LogP) is 8.51. The molecule has 1 heterocycles. The van der Waals surface area contributed by atoms with Gasteiger partial charge >= 0.3 is 0 Å². The zero-order chi connectivity index (χ0) is 21.1. The van der Waals surface area contributed by atoms with Crippen molar-refractivity contribution in [3.8, 4) is 11.3 Å². The van der Waals surface area contributed by atoms with E-state index in [1.807, 2.05) is 0 Å². The van der Waals surface area contributed by atoms with Crippen LogP contribution in [0.1, 0.15) is 0 Å². The van der Waals surface area contributed by atoms with E-state index in [-0.39, 0.29) is 0 Å². The van der Waals surface area contributed by atoms with E-state index in [4.69, 9.17) is 4.98 Å². The van der Waals surface area contributed by atoms with E-state index >= 15 is 0 Å². The van der Waals surface area contributed by atoms with Crippen LogP contribution in [0.5, 0.6) is 0 Å². The highest BCUT2D eigenvalue weighted by Gasteiger charge is 2.14. The van der Waals surface area contributed by atoms with E-state index in [1.54, 1.807) is 0 Å². The Balaban J connectivity index is 1.69. The van der Waals surface area contributed by atoms with Crippen molar-refractivity contribution in [2.45, 2.75) is 0 Å². The van der Waals surface area contributed by atoms with E-state index in [1.165, 1.54) is 54.0 Å². The standard InChI is InChI=1S/C31H19N/c1-3-11-22-20(8-1)10-7-15-26(22)29-19-18-28-25-14-6-5-13-24(25)27-17-16-21-9-2-4-12-23(21)30(27)31(28)32-29/h1-19H. The largest absolute Gasteiger partial charge is 0.247 e. The smallest absolute Gasteiger partial charge is 0.0800 e. The molecule has 7 aromatic rings. The van der Waals surface area contributed by atoms with Crippen molar-refractivity contribution in [3.63, 3.8) is 0 Å². The Bertz CT molecular complexity index is 1820. The molecule has 0 aliphatic rings. The normalized spacial score (nSPS) is 11.8. The van der Waals surface area contributed by atoms with E-state index in [0.717, 1.165) is 11.2 Å². The lowest BCUT2D eigenvalue weighted by Gasteiger charge is -2.14. The minimum atomic E-state index is 1.01. The lowest BCUT2D eigenvalue weighted by Crippen LogP contribution is -1.91. The molecule has 0 aliphatic heterocycles. The Labute approximate surface area is 185 Å². The molecule has 0 amide bonds. The summed E-state index contributed by atoms with van der Waals surface area (Å²) in [6, 6.07) is 41.2. The summed E-state index contributed by atoms with van der Waals surface area (Å²) in [5, 5.41) is 11.2. The monoisotopic (exact) mass is 405 g/mol. The Morgan fingerprint density at radius 1 is 0.375 bits per heavy atom. The van der Waals surface area contributed by atoms with Gasteiger partial charge in [-0.3, -0.25) is 0 Å². The minimum absolute atomic E-state index is 1.01. The van der Waals surface area contributed by atoms with Crippen LogP contribution < -0.4 is 0 Å². The zero-order valence-corrected chi connectivity index (χ0v) is 17.4. The van der Waals surface area contributed by atoms with Crippen molar-refractivity contribution in [1.82, 2.24) is 4.98 Å². The van der Waals surface area contributed by atoms with Gasteiger partial charge in [0.15, 0.2) is 0 Å². The summed E-state index contributed by atoms with van der Waals surface area (Å²) in [5.74, 6) is 0. The van der Waals surface area contributed by atoms with Crippen LogP contribution in [0.25, 0.3) is 65.3 Å². The molecule has 0 spiro atoms. The first-order chi connectivity index (χ1) is 15.9. The molecule has 0 saturated heterocycles. The topological polar surface area (TPSA) is 12.9 Å². The molecule has 0 fully saturated rings. The minimum Gasteiger partial charge on any atom is -0.247 e. The quantitative estimate of drug-likeness (QED) is 0.249. The van der Waals surface area contributed by atoms with Crippen LogP contribution in [0.15, 0.2) is 115 Å². The first kappa shape index (κ1) is 17.5. The average molecular weight is 406 g/mol. The molecule has 0 saturated carbocycles.